The van der Waals surface area contributed by atoms with E-state index < -0.39 is 0 Å². The average Bonchev–Trinajstić information content (AvgIpc) is 2.15. The van der Waals surface area contributed by atoms with Crippen LogP contribution in [0.3, 0.4) is 0 Å². The fourth-order valence-electron chi connectivity index (χ4n) is 1.61. The maximum absolute atomic E-state index is 5.66. The van der Waals surface area contributed by atoms with Crippen molar-refractivity contribution in [1.82, 2.24) is 4.90 Å². The molecule has 0 spiro atoms. The van der Waals surface area contributed by atoms with Crippen LogP contribution in [0.1, 0.15) is 33.1 Å². The van der Waals surface area contributed by atoms with Gasteiger partial charge in [-0.15, -0.1) is 0 Å². The third-order valence-electron chi connectivity index (χ3n) is 2.46. The molecule has 0 aromatic heterocycles. The smallest absolute Gasteiger partial charge is 0.0751 e. The summed E-state index contributed by atoms with van der Waals surface area (Å²) in [6, 6.07) is 0. The molecule has 1 rings (SSSR count). The Morgan fingerprint density at radius 1 is 1.62 bits per heavy atom. The third kappa shape index (κ3) is 3.61. The van der Waals surface area contributed by atoms with Gasteiger partial charge in [-0.05, 0) is 13.3 Å². The van der Waals surface area contributed by atoms with Gasteiger partial charge in [0.15, 0.2) is 0 Å². The predicted octanol–water partition coefficient (Wildman–Crippen LogP) is 2.22. The van der Waals surface area contributed by atoms with Crippen LogP contribution in [0.4, 0.5) is 0 Å². The number of thiocarbonyl (C=S) groups is 1. The first-order valence-electron chi connectivity index (χ1n) is 5.11. The molecule has 0 aromatic carbocycles. The average molecular weight is 201 g/mol. The van der Waals surface area contributed by atoms with Gasteiger partial charge >= 0.3 is 0 Å². The van der Waals surface area contributed by atoms with Gasteiger partial charge in [-0.3, -0.25) is 0 Å². The van der Waals surface area contributed by atoms with Crippen molar-refractivity contribution in [3.05, 3.63) is 0 Å². The molecule has 0 saturated carbocycles. The van der Waals surface area contributed by atoms with E-state index in [4.69, 9.17) is 17.0 Å². The largest absolute Gasteiger partial charge is 0.375 e. The van der Waals surface area contributed by atoms with Crippen LogP contribution in [0.2, 0.25) is 0 Å². The quantitative estimate of drug-likeness (QED) is 0.650. The molecule has 0 aromatic rings. The van der Waals surface area contributed by atoms with Gasteiger partial charge in [-0.25, -0.2) is 0 Å². The summed E-state index contributed by atoms with van der Waals surface area (Å²) in [6.45, 7) is 7.01. The Morgan fingerprint density at radius 2 is 2.38 bits per heavy atom. The van der Waals surface area contributed by atoms with E-state index in [9.17, 15) is 0 Å². The van der Waals surface area contributed by atoms with Crippen LogP contribution in [0.25, 0.3) is 0 Å². The first-order valence-corrected chi connectivity index (χ1v) is 5.52. The number of nitrogens with zero attached hydrogens (tertiary/aromatic N) is 1. The second kappa shape index (κ2) is 5.55. The Hall–Kier alpha value is -0.150. The highest BCUT2D eigenvalue weighted by molar-refractivity contribution is 7.80. The lowest BCUT2D eigenvalue weighted by Crippen LogP contribution is -2.44. The van der Waals surface area contributed by atoms with Crippen molar-refractivity contribution in [3.8, 4) is 0 Å². The number of unbranched alkanes of at least 4 members (excludes halogenated alkanes) is 1. The summed E-state index contributed by atoms with van der Waals surface area (Å²) in [5.41, 5.74) is 0. The maximum atomic E-state index is 5.66. The fraction of sp³-hybridized carbons (Fsp3) is 0.900. The molecule has 0 aliphatic carbocycles. The van der Waals surface area contributed by atoms with Crippen molar-refractivity contribution in [3.63, 3.8) is 0 Å². The van der Waals surface area contributed by atoms with E-state index in [1.807, 2.05) is 6.92 Å². The topological polar surface area (TPSA) is 12.5 Å². The third-order valence-corrected chi connectivity index (χ3v) is 2.72. The van der Waals surface area contributed by atoms with Crippen molar-refractivity contribution < 1.29 is 4.74 Å². The highest BCUT2D eigenvalue weighted by atomic mass is 32.1. The second-order valence-electron chi connectivity index (χ2n) is 3.60. The molecule has 0 N–H and O–H groups in total. The lowest BCUT2D eigenvalue weighted by Gasteiger charge is -2.33. The number of ether oxygens (including phenoxy) is 1. The molecule has 2 nitrogen and oxygen atoms in total. The monoisotopic (exact) mass is 201 g/mol. The Bertz CT molecular complexity index is 172. The molecule has 0 bridgehead atoms. The first kappa shape index (κ1) is 10.9. The Balaban J connectivity index is 2.29. The lowest BCUT2D eigenvalue weighted by atomic mass is 10.1. The van der Waals surface area contributed by atoms with Gasteiger partial charge < -0.3 is 9.64 Å². The fourth-order valence-corrected chi connectivity index (χ4v) is 1.78. The first-order chi connectivity index (χ1) is 6.24. The Kier molecular flexibility index (Phi) is 4.67. The van der Waals surface area contributed by atoms with Crippen molar-refractivity contribution in [2.75, 3.05) is 19.7 Å². The number of hydrogen-bond acceptors (Lipinski definition) is 2. The zero-order valence-electron chi connectivity index (χ0n) is 8.58. The minimum Gasteiger partial charge on any atom is -0.375 e. The molecular weight excluding hydrogens is 182 g/mol. The molecule has 1 unspecified atom stereocenters. The molecule has 0 radical (unpaired) electrons. The highest BCUT2D eigenvalue weighted by Gasteiger charge is 2.19. The molecule has 1 saturated heterocycles. The van der Waals surface area contributed by atoms with Crippen LogP contribution in [0, 0.1) is 0 Å². The molecule has 1 aliphatic heterocycles. The van der Waals surface area contributed by atoms with E-state index in [1.165, 1.54) is 19.3 Å². The number of hydrogen-bond donors (Lipinski definition) is 0. The van der Waals surface area contributed by atoms with Crippen LogP contribution in [-0.4, -0.2) is 35.7 Å². The Morgan fingerprint density at radius 3 is 3.00 bits per heavy atom. The Labute approximate surface area is 86.3 Å². The molecule has 76 valence electrons. The summed E-state index contributed by atoms with van der Waals surface area (Å²) in [4.78, 5) is 3.25. The van der Waals surface area contributed by atoms with E-state index >= 15 is 0 Å². The van der Waals surface area contributed by atoms with Crippen molar-refractivity contribution in [1.29, 1.82) is 0 Å². The summed E-state index contributed by atoms with van der Waals surface area (Å²) in [5.74, 6) is 0. The summed E-state index contributed by atoms with van der Waals surface area (Å²) < 4.78 is 5.66. The summed E-state index contributed by atoms with van der Waals surface area (Å²) in [6.07, 6.45) is 4.09. The SMILES string of the molecule is CCCCC1CN(C(C)=S)CCO1. The molecule has 0 amide bonds. The molecule has 1 atom stereocenters. The summed E-state index contributed by atoms with van der Waals surface area (Å²) in [7, 11) is 0. The van der Waals surface area contributed by atoms with E-state index in [0.29, 0.717) is 6.10 Å². The standard InChI is InChI=1S/C10H19NOS/c1-3-4-5-10-8-11(9(2)13)6-7-12-10/h10H,3-8H2,1-2H3. The van der Waals surface area contributed by atoms with Crippen LogP contribution in [-0.2, 0) is 4.74 Å². The molecule has 3 heteroatoms. The predicted molar refractivity (Wildman–Crippen MR) is 59.1 cm³/mol. The van der Waals surface area contributed by atoms with Crippen LogP contribution in [0.5, 0.6) is 0 Å². The molecule has 13 heavy (non-hydrogen) atoms. The minimum absolute atomic E-state index is 0.409. The number of rotatable bonds is 3. The summed E-state index contributed by atoms with van der Waals surface area (Å²) in [5, 5.41) is 0. The normalized spacial score (nSPS) is 23.2. The van der Waals surface area contributed by atoms with Crippen molar-refractivity contribution in [2.24, 2.45) is 0 Å². The van der Waals surface area contributed by atoms with E-state index in [1.54, 1.807) is 0 Å². The molecule has 1 heterocycles. The van der Waals surface area contributed by atoms with Gasteiger partial charge in [0.25, 0.3) is 0 Å². The molecule has 1 fully saturated rings. The van der Waals surface area contributed by atoms with E-state index in [0.717, 1.165) is 24.7 Å². The zero-order chi connectivity index (χ0) is 9.68. The molecule has 1 aliphatic rings. The second-order valence-corrected chi connectivity index (χ2v) is 4.19. The van der Waals surface area contributed by atoms with Crippen molar-refractivity contribution in [2.45, 2.75) is 39.2 Å². The van der Waals surface area contributed by atoms with E-state index in [-0.39, 0.29) is 0 Å². The van der Waals surface area contributed by atoms with Gasteiger partial charge in [-0.1, -0.05) is 32.0 Å². The van der Waals surface area contributed by atoms with Gasteiger partial charge in [-0.2, -0.15) is 0 Å². The summed E-state index contributed by atoms with van der Waals surface area (Å²) >= 11 is 5.15. The van der Waals surface area contributed by atoms with Gasteiger partial charge in [0.1, 0.15) is 0 Å². The number of morpholine rings is 1. The zero-order valence-corrected chi connectivity index (χ0v) is 9.40. The van der Waals surface area contributed by atoms with Crippen LogP contribution < -0.4 is 0 Å². The van der Waals surface area contributed by atoms with E-state index in [2.05, 4.69) is 11.8 Å². The lowest BCUT2D eigenvalue weighted by molar-refractivity contribution is -0.0101. The van der Waals surface area contributed by atoms with Gasteiger partial charge in [0.05, 0.1) is 17.7 Å². The molecular formula is C10H19NOS. The van der Waals surface area contributed by atoms with Crippen LogP contribution in [0.15, 0.2) is 0 Å². The highest BCUT2D eigenvalue weighted by Crippen LogP contribution is 2.12. The van der Waals surface area contributed by atoms with Crippen LogP contribution >= 0.6 is 12.2 Å². The van der Waals surface area contributed by atoms with Crippen molar-refractivity contribution >= 4 is 17.2 Å². The van der Waals surface area contributed by atoms with Gasteiger partial charge in [0.2, 0.25) is 0 Å². The minimum atomic E-state index is 0.409. The van der Waals surface area contributed by atoms with Gasteiger partial charge in [0, 0.05) is 13.1 Å². The maximum Gasteiger partial charge on any atom is 0.0751 e.